The van der Waals surface area contributed by atoms with Crippen LogP contribution in [0.25, 0.3) is 0 Å². The summed E-state index contributed by atoms with van der Waals surface area (Å²) in [6.07, 6.45) is 0. The lowest BCUT2D eigenvalue weighted by Gasteiger charge is -2.17. The number of nitrogens with one attached hydrogen (secondary N) is 2. The van der Waals surface area contributed by atoms with Crippen LogP contribution in [0.3, 0.4) is 0 Å². The van der Waals surface area contributed by atoms with E-state index in [0.29, 0.717) is 30.5 Å². The molecule has 0 bridgehead atoms. The smallest absolute Gasteiger partial charge is 0.221 e. The largest absolute Gasteiger partial charge is 0.490 e. The van der Waals surface area contributed by atoms with E-state index in [1.54, 1.807) is 0 Å². The summed E-state index contributed by atoms with van der Waals surface area (Å²) in [6, 6.07) is 21.0. The lowest BCUT2D eigenvalue weighted by atomic mass is 10.1. The van der Waals surface area contributed by atoms with Gasteiger partial charge >= 0.3 is 0 Å². The number of carbonyl (C=O) groups excluding carboxylic acids is 1. The van der Waals surface area contributed by atoms with Crippen molar-refractivity contribution in [2.45, 2.75) is 27.0 Å². The number of ether oxygens (including phenoxy) is 2. The quantitative estimate of drug-likeness (QED) is 0.449. The normalized spacial score (nSPS) is 10.4. The van der Waals surface area contributed by atoms with E-state index in [-0.39, 0.29) is 5.91 Å². The van der Waals surface area contributed by atoms with Crippen LogP contribution < -0.4 is 20.1 Å². The summed E-state index contributed by atoms with van der Waals surface area (Å²) in [5.41, 5.74) is 3.71. The number of hydrogen-bond acceptors (Lipinski definition) is 4. The van der Waals surface area contributed by atoms with Crippen molar-refractivity contribution in [1.82, 2.24) is 0 Å². The van der Waals surface area contributed by atoms with E-state index in [9.17, 15) is 4.79 Å². The molecule has 6 heteroatoms. The van der Waals surface area contributed by atoms with Crippen LogP contribution in [0.2, 0.25) is 5.02 Å². The summed E-state index contributed by atoms with van der Waals surface area (Å²) >= 11 is 5.96. The van der Waals surface area contributed by atoms with Crippen LogP contribution in [-0.4, -0.2) is 12.5 Å². The van der Waals surface area contributed by atoms with Gasteiger partial charge in [0.15, 0.2) is 11.5 Å². The minimum atomic E-state index is -0.0917. The van der Waals surface area contributed by atoms with Gasteiger partial charge in [-0.2, -0.15) is 0 Å². The van der Waals surface area contributed by atoms with Gasteiger partial charge in [-0.25, -0.2) is 0 Å². The number of anilines is 2. The molecule has 0 aliphatic heterocycles. The van der Waals surface area contributed by atoms with Crippen LogP contribution in [-0.2, 0) is 17.9 Å². The highest BCUT2D eigenvalue weighted by molar-refractivity contribution is 6.30. The third kappa shape index (κ3) is 6.16. The Bertz CT molecular complexity index is 973. The Morgan fingerprint density at radius 2 is 1.63 bits per heavy atom. The van der Waals surface area contributed by atoms with Crippen molar-refractivity contribution in [2.24, 2.45) is 0 Å². The van der Waals surface area contributed by atoms with Crippen molar-refractivity contribution >= 4 is 28.9 Å². The van der Waals surface area contributed by atoms with Crippen molar-refractivity contribution < 1.29 is 14.3 Å². The van der Waals surface area contributed by atoms with Gasteiger partial charge in [-0.05, 0) is 55.0 Å². The van der Waals surface area contributed by atoms with Gasteiger partial charge in [-0.3, -0.25) is 4.79 Å². The highest BCUT2D eigenvalue weighted by atomic mass is 35.5. The molecule has 156 valence electrons. The zero-order chi connectivity index (χ0) is 21.3. The summed E-state index contributed by atoms with van der Waals surface area (Å²) in [6.45, 7) is 4.97. The molecule has 0 unspecified atom stereocenters. The average Bonchev–Trinajstić information content (AvgIpc) is 2.73. The molecule has 0 saturated carbocycles. The maximum atomic E-state index is 11.2. The van der Waals surface area contributed by atoms with E-state index in [1.807, 2.05) is 73.7 Å². The molecule has 0 saturated heterocycles. The zero-order valence-corrected chi connectivity index (χ0v) is 17.8. The second kappa shape index (κ2) is 10.6. The van der Waals surface area contributed by atoms with Crippen LogP contribution in [0.15, 0.2) is 66.7 Å². The summed E-state index contributed by atoms with van der Waals surface area (Å²) in [7, 11) is 0. The van der Waals surface area contributed by atoms with Crippen molar-refractivity contribution in [2.75, 3.05) is 17.2 Å². The molecule has 0 aromatic heterocycles. The van der Waals surface area contributed by atoms with E-state index >= 15 is 0 Å². The fourth-order valence-corrected chi connectivity index (χ4v) is 3.07. The minimum Gasteiger partial charge on any atom is -0.490 e. The van der Waals surface area contributed by atoms with E-state index in [1.165, 1.54) is 6.92 Å². The molecule has 0 aliphatic rings. The van der Waals surface area contributed by atoms with Crippen LogP contribution in [0.4, 0.5) is 11.4 Å². The maximum Gasteiger partial charge on any atom is 0.221 e. The maximum absolute atomic E-state index is 11.2. The Morgan fingerprint density at radius 3 is 2.30 bits per heavy atom. The molecule has 0 atom stereocenters. The molecule has 0 aliphatic carbocycles. The van der Waals surface area contributed by atoms with Crippen molar-refractivity contribution in [3.05, 3.63) is 82.9 Å². The van der Waals surface area contributed by atoms with E-state index in [0.717, 1.165) is 28.3 Å². The van der Waals surface area contributed by atoms with Crippen molar-refractivity contribution in [3.8, 4) is 11.5 Å². The topological polar surface area (TPSA) is 59.6 Å². The van der Waals surface area contributed by atoms with Gasteiger partial charge in [0.25, 0.3) is 0 Å². The first-order chi connectivity index (χ1) is 14.5. The molecule has 1 amide bonds. The molecular formula is C24H25ClN2O3. The molecule has 0 heterocycles. The van der Waals surface area contributed by atoms with E-state index in [4.69, 9.17) is 21.1 Å². The highest BCUT2D eigenvalue weighted by Gasteiger charge is 2.12. The third-order valence-electron chi connectivity index (χ3n) is 4.34. The van der Waals surface area contributed by atoms with Crippen LogP contribution in [0.1, 0.15) is 25.0 Å². The molecular weight excluding hydrogens is 400 g/mol. The van der Waals surface area contributed by atoms with Gasteiger partial charge in [0, 0.05) is 35.4 Å². The van der Waals surface area contributed by atoms with E-state index in [2.05, 4.69) is 10.6 Å². The molecule has 3 rings (SSSR count). The Balaban J connectivity index is 1.72. The van der Waals surface area contributed by atoms with Gasteiger partial charge in [0.1, 0.15) is 6.61 Å². The molecule has 5 nitrogen and oxygen atoms in total. The van der Waals surface area contributed by atoms with Crippen LogP contribution in [0, 0.1) is 0 Å². The molecule has 3 aromatic carbocycles. The number of para-hydroxylation sites is 1. The first kappa shape index (κ1) is 21.5. The van der Waals surface area contributed by atoms with Gasteiger partial charge in [-0.1, -0.05) is 35.9 Å². The van der Waals surface area contributed by atoms with E-state index < -0.39 is 0 Å². The second-order valence-corrected chi connectivity index (χ2v) is 7.14. The predicted molar refractivity (Wildman–Crippen MR) is 121 cm³/mol. The molecule has 3 aromatic rings. The molecule has 0 spiro atoms. The number of benzene rings is 3. The fourth-order valence-electron chi connectivity index (χ4n) is 2.94. The summed E-state index contributed by atoms with van der Waals surface area (Å²) in [4.78, 5) is 11.2. The Labute approximate surface area is 182 Å². The number of hydrogen-bond donors (Lipinski definition) is 2. The van der Waals surface area contributed by atoms with Gasteiger partial charge in [-0.15, -0.1) is 0 Å². The number of rotatable bonds is 9. The van der Waals surface area contributed by atoms with Crippen LogP contribution in [0.5, 0.6) is 11.5 Å². The Kier molecular flexibility index (Phi) is 7.57. The minimum absolute atomic E-state index is 0.0917. The molecule has 2 N–H and O–H groups in total. The third-order valence-corrected chi connectivity index (χ3v) is 4.60. The first-order valence-corrected chi connectivity index (χ1v) is 10.2. The SMILES string of the molecule is CCOc1cccc(CNc2ccc(NC(C)=O)cc2)c1OCc1ccc(Cl)cc1. The lowest BCUT2D eigenvalue weighted by molar-refractivity contribution is -0.114. The Morgan fingerprint density at radius 1 is 0.933 bits per heavy atom. The number of carbonyl (C=O) groups is 1. The predicted octanol–water partition coefficient (Wildman–Crippen LogP) is 5.89. The molecule has 30 heavy (non-hydrogen) atoms. The Hall–Kier alpha value is -3.18. The van der Waals surface area contributed by atoms with Gasteiger partial charge in [0.2, 0.25) is 5.91 Å². The summed E-state index contributed by atoms with van der Waals surface area (Å²) in [5.74, 6) is 1.34. The molecule has 0 fully saturated rings. The number of amides is 1. The monoisotopic (exact) mass is 424 g/mol. The summed E-state index contributed by atoms with van der Waals surface area (Å²) < 4.78 is 11.9. The van der Waals surface area contributed by atoms with Crippen molar-refractivity contribution in [3.63, 3.8) is 0 Å². The standard InChI is InChI=1S/C24H25ClN2O3/c1-3-29-23-6-4-5-19(24(23)30-16-18-7-9-20(25)10-8-18)15-26-21-11-13-22(14-12-21)27-17(2)28/h4-14,26H,3,15-16H2,1-2H3,(H,27,28). The first-order valence-electron chi connectivity index (χ1n) is 9.78. The zero-order valence-electron chi connectivity index (χ0n) is 17.1. The van der Waals surface area contributed by atoms with Crippen LogP contribution >= 0.6 is 11.6 Å². The van der Waals surface area contributed by atoms with Gasteiger partial charge in [0.05, 0.1) is 6.61 Å². The molecule has 0 radical (unpaired) electrons. The van der Waals surface area contributed by atoms with Gasteiger partial charge < -0.3 is 20.1 Å². The van der Waals surface area contributed by atoms with Crippen molar-refractivity contribution in [1.29, 1.82) is 0 Å². The summed E-state index contributed by atoms with van der Waals surface area (Å²) in [5, 5.41) is 6.85. The average molecular weight is 425 g/mol. The number of halogens is 1. The second-order valence-electron chi connectivity index (χ2n) is 6.70. The fraction of sp³-hybridized carbons (Fsp3) is 0.208. The highest BCUT2D eigenvalue weighted by Crippen LogP contribution is 2.33. The lowest BCUT2D eigenvalue weighted by Crippen LogP contribution is -2.07.